The zero-order chi connectivity index (χ0) is 23.2. The maximum atomic E-state index is 10.7. The number of phenolic OH excluding ortho intramolecular Hbond substituents is 1. The minimum Gasteiger partial charge on any atom is -0.508 e. The van der Waals surface area contributed by atoms with Crippen molar-refractivity contribution >= 4 is 17.7 Å². The summed E-state index contributed by atoms with van der Waals surface area (Å²) >= 11 is 1.68. The molecular weight excluding hydrogens is 436 g/mol. The smallest absolute Gasteiger partial charge is 0.329 e. The molecule has 1 aliphatic carbocycles. The first-order chi connectivity index (χ1) is 16.0. The van der Waals surface area contributed by atoms with E-state index in [1.807, 2.05) is 30.3 Å². The van der Waals surface area contributed by atoms with E-state index in [1.54, 1.807) is 23.9 Å². The topological polar surface area (TPSA) is 84.6 Å². The number of ether oxygens (including phenoxy) is 1. The van der Waals surface area contributed by atoms with Crippen molar-refractivity contribution in [1.82, 2.24) is 9.78 Å². The van der Waals surface area contributed by atoms with Crippen LogP contribution in [0, 0.1) is 11.8 Å². The summed E-state index contributed by atoms with van der Waals surface area (Å²) in [6.45, 7) is 1.15. The third-order valence-corrected chi connectivity index (χ3v) is 7.06. The van der Waals surface area contributed by atoms with Crippen LogP contribution in [0.5, 0.6) is 5.75 Å². The van der Waals surface area contributed by atoms with Gasteiger partial charge in [-0.05, 0) is 61.5 Å². The van der Waals surface area contributed by atoms with E-state index in [0.29, 0.717) is 18.4 Å². The van der Waals surface area contributed by atoms with Gasteiger partial charge in [0.15, 0.2) is 0 Å². The molecule has 0 amide bonds. The monoisotopic (exact) mass is 466 g/mol. The van der Waals surface area contributed by atoms with E-state index in [9.17, 15) is 9.90 Å². The van der Waals surface area contributed by atoms with Crippen LogP contribution in [0.4, 0.5) is 0 Å². The second kappa shape index (κ2) is 10.9. The number of hydrogen-bond acceptors (Lipinski definition) is 5. The van der Waals surface area contributed by atoms with Gasteiger partial charge in [-0.2, -0.15) is 5.10 Å². The van der Waals surface area contributed by atoms with Gasteiger partial charge in [-0.25, -0.2) is 4.79 Å². The van der Waals surface area contributed by atoms with Crippen LogP contribution < -0.4 is 0 Å². The summed E-state index contributed by atoms with van der Waals surface area (Å²) in [7, 11) is 0. The summed E-state index contributed by atoms with van der Waals surface area (Å²) < 4.78 is 7.45. The lowest BCUT2D eigenvalue weighted by Crippen LogP contribution is -2.23. The van der Waals surface area contributed by atoms with Crippen molar-refractivity contribution in [3.8, 4) is 28.1 Å². The summed E-state index contributed by atoms with van der Waals surface area (Å²) in [6.07, 6.45) is 6.33. The zero-order valence-corrected chi connectivity index (χ0v) is 19.6. The molecule has 0 radical (unpaired) electrons. The molecule has 1 aromatic heterocycles. The Morgan fingerprint density at radius 2 is 1.76 bits per heavy atom. The van der Waals surface area contributed by atoms with Gasteiger partial charge in [-0.15, -0.1) is 11.8 Å². The number of nitrogens with zero attached hydrogens (tertiary/aromatic N) is 2. The van der Waals surface area contributed by atoms with Gasteiger partial charge in [0, 0.05) is 17.7 Å². The average molecular weight is 467 g/mol. The van der Waals surface area contributed by atoms with Gasteiger partial charge in [0.2, 0.25) is 0 Å². The lowest BCUT2D eigenvalue weighted by atomic mass is 9.82. The van der Waals surface area contributed by atoms with Gasteiger partial charge in [-0.1, -0.05) is 42.5 Å². The third kappa shape index (κ3) is 5.78. The maximum Gasteiger partial charge on any atom is 0.329 e. The summed E-state index contributed by atoms with van der Waals surface area (Å²) in [6, 6.07) is 17.6. The average Bonchev–Trinajstić information content (AvgIpc) is 3.18. The first-order valence-corrected chi connectivity index (χ1v) is 12.6. The molecule has 1 heterocycles. The van der Waals surface area contributed by atoms with Gasteiger partial charge in [0.25, 0.3) is 0 Å². The second-order valence-corrected chi connectivity index (χ2v) is 9.42. The summed E-state index contributed by atoms with van der Waals surface area (Å²) in [5, 5.41) is 25.0. The number of aromatic hydroxyl groups is 1. The lowest BCUT2D eigenvalue weighted by molar-refractivity contribution is -0.142. The predicted octanol–water partition coefficient (Wildman–Crippen LogP) is 5.55. The Morgan fingerprint density at radius 3 is 2.42 bits per heavy atom. The molecule has 1 saturated carbocycles. The number of carboxylic acid groups (broad SMARTS) is 1. The first kappa shape index (κ1) is 23.4. The Hall–Kier alpha value is -2.77. The van der Waals surface area contributed by atoms with Crippen molar-refractivity contribution in [2.75, 3.05) is 19.5 Å². The number of phenols is 1. The van der Waals surface area contributed by atoms with Crippen molar-refractivity contribution in [1.29, 1.82) is 0 Å². The zero-order valence-electron chi connectivity index (χ0n) is 18.8. The van der Waals surface area contributed by atoms with Crippen molar-refractivity contribution in [3.63, 3.8) is 0 Å². The first-order valence-electron chi connectivity index (χ1n) is 11.3. The number of aliphatic carboxylic acids is 1. The molecule has 4 rings (SSSR count). The van der Waals surface area contributed by atoms with Crippen molar-refractivity contribution < 1.29 is 19.7 Å². The van der Waals surface area contributed by atoms with Crippen LogP contribution in [-0.2, 0) is 16.1 Å². The fourth-order valence-electron chi connectivity index (χ4n) is 4.64. The molecule has 0 unspecified atom stereocenters. The molecule has 7 heteroatoms. The highest BCUT2D eigenvalue weighted by molar-refractivity contribution is 7.98. The standard InChI is InChI=1S/C26H30N2O4S/c1-33-26-24(21-8-5-9-22(29)14-21)25(20-6-3-2-4-7-20)27-28(26)15-18-10-12-19(13-11-18)16-32-17-23(30)31/h2-9,14,18-19,29H,10-13,15-17H2,1H3,(H,30,31). The van der Waals surface area contributed by atoms with Crippen molar-refractivity contribution in [2.45, 2.75) is 37.3 Å². The number of rotatable bonds is 9. The number of aromatic nitrogens is 2. The summed E-state index contributed by atoms with van der Waals surface area (Å²) in [4.78, 5) is 10.7. The molecule has 0 spiro atoms. The Kier molecular flexibility index (Phi) is 7.73. The van der Waals surface area contributed by atoms with Crippen LogP contribution in [0.25, 0.3) is 22.4 Å². The van der Waals surface area contributed by atoms with Gasteiger partial charge in [0.05, 0.1) is 6.61 Å². The second-order valence-electron chi connectivity index (χ2n) is 8.63. The molecule has 2 N–H and O–H groups in total. The van der Waals surface area contributed by atoms with Crippen LogP contribution in [0.3, 0.4) is 0 Å². The Bertz CT molecular complexity index is 1080. The molecule has 1 aliphatic rings. The van der Waals surface area contributed by atoms with E-state index in [-0.39, 0.29) is 12.4 Å². The Morgan fingerprint density at radius 1 is 1.06 bits per heavy atom. The fraction of sp³-hybridized carbons (Fsp3) is 0.385. The highest BCUT2D eigenvalue weighted by Crippen LogP contribution is 2.41. The molecule has 33 heavy (non-hydrogen) atoms. The van der Waals surface area contributed by atoms with Gasteiger partial charge < -0.3 is 14.9 Å². The fourth-order valence-corrected chi connectivity index (χ4v) is 5.38. The van der Waals surface area contributed by atoms with Gasteiger partial charge >= 0.3 is 5.97 Å². The van der Waals surface area contributed by atoms with Crippen LogP contribution in [0.15, 0.2) is 59.6 Å². The molecule has 3 aromatic rings. The molecule has 174 valence electrons. The Labute approximate surface area is 198 Å². The number of hydrogen-bond donors (Lipinski definition) is 2. The molecular formula is C26H30N2O4S. The summed E-state index contributed by atoms with van der Waals surface area (Å²) in [5.74, 6) is 0.284. The molecule has 1 fully saturated rings. The van der Waals surface area contributed by atoms with Gasteiger partial charge in [-0.3, -0.25) is 4.68 Å². The Balaban J connectivity index is 1.56. The molecule has 0 saturated heterocycles. The molecule has 6 nitrogen and oxygen atoms in total. The van der Waals surface area contributed by atoms with E-state index in [0.717, 1.165) is 59.6 Å². The van der Waals surface area contributed by atoms with Gasteiger partial charge in [0.1, 0.15) is 23.1 Å². The highest BCUT2D eigenvalue weighted by atomic mass is 32.2. The highest BCUT2D eigenvalue weighted by Gasteiger charge is 2.26. The molecule has 2 aromatic carbocycles. The third-order valence-electron chi connectivity index (χ3n) is 6.26. The number of carbonyl (C=O) groups is 1. The maximum absolute atomic E-state index is 10.7. The van der Waals surface area contributed by atoms with E-state index in [2.05, 4.69) is 23.1 Å². The SMILES string of the molecule is CSc1c(-c2cccc(O)c2)c(-c2ccccc2)nn1CC1CCC(COCC(=O)O)CC1. The number of carboxylic acids is 1. The van der Waals surface area contributed by atoms with E-state index >= 15 is 0 Å². The quantitative estimate of drug-likeness (QED) is 0.402. The van der Waals surface area contributed by atoms with Crippen LogP contribution >= 0.6 is 11.8 Å². The van der Waals surface area contributed by atoms with E-state index in [4.69, 9.17) is 14.9 Å². The number of thioether (sulfide) groups is 1. The van der Waals surface area contributed by atoms with Crippen molar-refractivity contribution in [3.05, 3.63) is 54.6 Å². The predicted molar refractivity (Wildman–Crippen MR) is 130 cm³/mol. The van der Waals surface area contributed by atoms with Crippen molar-refractivity contribution in [2.24, 2.45) is 11.8 Å². The summed E-state index contributed by atoms with van der Waals surface area (Å²) in [5.41, 5.74) is 4.01. The van der Waals surface area contributed by atoms with E-state index < -0.39 is 5.97 Å². The van der Waals surface area contributed by atoms with Crippen LogP contribution in [-0.4, -0.2) is 45.4 Å². The molecule has 0 atom stereocenters. The normalized spacial score (nSPS) is 18.3. The minimum absolute atomic E-state index is 0.218. The minimum atomic E-state index is -0.913. The van der Waals surface area contributed by atoms with Crippen LogP contribution in [0.2, 0.25) is 0 Å². The molecule has 0 aliphatic heterocycles. The molecule has 0 bridgehead atoms. The lowest BCUT2D eigenvalue weighted by Gasteiger charge is -2.28. The van der Waals surface area contributed by atoms with Crippen LogP contribution in [0.1, 0.15) is 25.7 Å². The van der Waals surface area contributed by atoms with E-state index in [1.165, 1.54) is 0 Å². The largest absolute Gasteiger partial charge is 0.508 e. The number of benzene rings is 2.